The first-order valence-corrected chi connectivity index (χ1v) is 6.26. The van der Waals surface area contributed by atoms with E-state index >= 15 is 0 Å². The second-order valence-corrected chi connectivity index (χ2v) is 5.94. The van der Waals surface area contributed by atoms with E-state index < -0.39 is 5.60 Å². The van der Waals surface area contributed by atoms with Gasteiger partial charge in [0.2, 0.25) is 0 Å². The van der Waals surface area contributed by atoms with Crippen LogP contribution in [0.25, 0.3) is 0 Å². The normalized spacial score (nSPS) is 28.5. The fourth-order valence-electron chi connectivity index (χ4n) is 2.68. The monoisotopic (exact) mass is 210 g/mol. The second-order valence-electron chi connectivity index (χ2n) is 5.94. The van der Waals surface area contributed by atoms with Crippen LogP contribution in [0.3, 0.4) is 0 Å². The predicted molar refractivity (Wildman–Crippen MR) is 65.8 cm³/mol. The highest BCUT2D eigenvalue weighted by Gasteiger charge is 2.22. The van der Waals surface area contributed by atoms with Crippen molar-refractivity contribution in [3.63, 3.8) is 0 Å². The van der Waals surface area contributed by atoms with Crippen LogP contribution in [0.4, 0.5) is 0 Å². The third-order valence-electron chi connectivity index (χ3n) is 3.52. The lowest BCUT2D eigenvalue weighted by atomic mass is 9.92. The van der Waals surface area contributed by atoms with Gasteiger partial charge in [0, 0.05) is 0 Å². The van der Waals surface area contributed by atoms with Crippen LogP contribution in [-0.4, -0.2) is 10.7 Å². The third kappa shape index (κ3) is 4.83. The van der Waals surface area contributed by atoms with E-state index in [1.54, 1.807) is 0 Å². The molecule has 0 amide bonds. The third-order valence-corrected chi connectivity index (χ3v) is 3.52. The van der Waals surface area contributed by atoms with Crippen molar-refractivity contribution in [2.24, 2.45) is 11.8 Å². The van der Waals surface area contributed by atoms with Gasteiger partial charge in [-0.15, -0.1) is 0 Å². The van der Waals surface area contributed by atoms with Crippen LogP contribution < -0.4 is 0 Å². The zero-order chi connectivity index (χ0) is 11.5. The number of allylic oxidation sites excluding steroid dienone is 1. The van der Waals surface area contributed by atoms with Crippen molar-refractivity contribution in [3.05, 3.63) is 11.6 Å². The summed E-state index contributed by atoms with van der Waals surface area (Å²) in [5.41, 5.74) is 0.781. The van der Waals surface area contributed by atoms with Crippen LogP contribution in [0.5, 0.6) is 0 Å². The molecule has 1 nitrogen and oxygen atoms in total. The number of hydrogen-bond donors (Lipinski definition) is 1. The first-order chi connectivity index (χ1) is 6.88. The van der Waals surface area contributed by atoms with Crippen LogP contribution >= 0.6 is 0 Å². The van der Waals surface area contributed by atoms with Crippen molar-refractivity contribution < 1.29 is 5.11 Å². The van der Waals surface area contributed by atoms with E-state index in [4.69, 9.17) is 0 Å². The first-order valence-electron chi connectivity index (χ1n) is 6.26. The van der Waals surface area contributed by atoms with Crippen molar-refractivity contribution in [2.75, 3.05) is 0 Å². The van der Waals surface area contributed by atoms with Gasteiger partial charge in [0.15, 0.2) is 0 Å². The fourth-order valence-corrected chi connectivity index (χ4v) is 2.68. The average molecular weight is 210 g/mol. The Labute approximate surface area is 94.6 Å². The van der Waals surface area contributed by atoms with Gasteiger partial charge in [-0.25, -0.2) is 0 Å². The molecule has 0 bridgehead atoms. The maximum atomic E-state index is 9.69. The summed E-state index contributed by atoms with van der Waals surface area (Å²) in [6.45, 7) is 8.26. The summed E-state index contributed by atoms with van der Waals surface area (Å²) in [4.78, 5) is 0. The Hall–Kier alpha value is -0.300. The van der Waals surface area contributed by atoms with Gasteiger partial charge in [-0.1, -0.05) is 31.4 Å². The van der Waals surface area contributed by atoms with E-state index in [-0.39, 0.29) is 0 Å². The molecule has 15 heavy (non-hydrogen) atoms. The molecule has 2 unspecified atom stereocenters. The number of rotatable bonds is 4. The summed E-state index contributed by atoms with van der Waals surface area (Å²) in [6, 6.07) is 0. The summed E-state index contributed by atoms with van der Waals surface area (Å²) >= 11 is 0. The van der Waals surface area contributed by atoms with Gasteiger partial charge in [-0.2, -0.15) is 0 Å². The molecule has 0 aromatic rings. The molecule has 1 aliphatic carbocycles. The minimum atomic E-state index is -0.554. The SMILES string of the molecule is C/C(=C/CC1CCCC1C)CC(C)(C)O. The smallest absolute Gasteiger partial charge is 0.0628 e. The lowest BCUT2D eigenvalue weighted by Gasteiger charge is -2.18. The van der Waals surface area contributed by atoms with Crippen LogP contribution in [0, 0.1) is 11.8 Å². The van der Waals surface area contributed by atoms with E-state index in [0.29, 0.717) is 0 Å². The summed E-state index contributed by atoms with van der Waals surface area (Å²) in [6.07, 6.45) is 8.56. The van der Waals surface area contributed by atoms with Crippen molar-refractivity contribution in [1.29, 1.82) is 0 Å². The Balaban J connectivity index is 2.36. The molecule has 1 fully saturated rings. The molecular formula is C14H26O. The molecule has 1 heteroatoms. The topological polar surface area (TPSA) is 20.2 Å². The molecule has 2 atom stereocenters. The molecule has 88 valence electrons. The lowest BCUT2D eigenvalue weighted by Crippen LogP contribution is -2.18. The summed E-state index contributed by atoms with van der Waals surface area (Å²) < 4.78 is 0. The Morgan fingerprint density at radius 3 is 2.53 bits per heavy atom. The molecule has 1 rings (SSSR count). The van der Waals surface area contributed by atoms with Crippen LogP contribution in [0.15, 0.2) is 11.6 Å². The lowest BCUT2D eigenvalue weighted by molar-refractivity contribution is 0.0809. The number of aliphatic hydroxyl groups is 1. The van der Waals surface area contributed by atoms with Crippen LogP contribution in [-0.2, 0) is 0 Å². The second kappa shape index (κ2) is 5.16. The van der Waals surface area contributed by atoms with Crippen LogP contribution in [0.1, 0.15) is 59.8 Å². The Morgan fingerprint density at radius 1 is 1.40 bits per heavy atom. The maximum Gasteiger partial charge on any atom is 0.0628 e. The molecule has 1 N–H and O–H groups in total. The Morgan fingerprint density at radius 2 is 2.07 bits per heavy atom. The molecule has 0 aliphatic heterocycles. The van der Waals surface area contributed by atoms with E-state index in [2.05, 4.69) is 19.9 Å². The molecule has 0 saturated heterocycles. The highest BCUT2D eigenvalue weighted by atomic mass is 16.3. The molecule has 1 aliphatic rings. The van der Waals surface area contributed by atoms with Gasteiger partial charge in [0.1, 0.15) is 0 Å². The molecule has 0 radical (unpaired) electrons. The fraction of sp³-hybridized carbons (Fsp3) is 0.857. The Bertz CT molecular complexity index is 222. The average Bonchev–Trinajstić information content (AvgIpc) is 2.44. The van der Waals surface area contributed by atoms with Gasteiger partial charge in [0.25, 0.3) is 0 Å². The molecule has 1 saturated carbocycles. The largest absolute Gasteiger partial charge is 0.390 e. The maximum absolute atomic E-state index is 9.69. The molecular weight excluding hydrogens is 184 g/mol. The highest BCUT2D eigenvalue weighted by Crippen LogP contribution is 2.34. The summed E-state index contributed by atoms with van der Waals surface area (Å²) in [7, 11) is 0. The zero-order valence-corrected chi connectivity index (χ0v) is 10.7. The first kappa shape index (κ1) is 12.8. The van der Waals surface area contributed by atoms with Crippen molar-refractivity contribution in [3.8, 4) is 0 Å². The highest BCUT2D eigenvalue weighted by molar-refractivity contribution is 5.03. The standard InChI is InChI=1S/C14H26O/c1-11(10-14(3,4)15)8-9-13-7-5-6-12(13)2/h8,12-13,15H,5-7,9-10H2,1-4H3/b11-8-. The zero-order valence-electron chi connectivity index (χ0n) is 10.7. The molecule has 0 aromatic heterocycles. The van der Waals surface area contributed by atoms with E-state index in [9.17, 15) is 5.11 Å². The van der Waals surface area contributed by atoms with Crippen molar-refractivity contribution >= 4 is 0 Å². The molecule has 0 aromatic carbocycles. The minimum absolute atomic E-state index is 0.554. The van der Waals surface area contributed by atoms with Gasteiger partial charge >= 0.3 is 0 Å². The molecule has 0 heterocycles. The van der Waals surface area contributed by atoms with Crippen LogP contribution in [0.2, 0.25) is 0 Å². The van der Waals surface area contributed by atoms with E-state index in [1.165, 1.54) is 31.3 Å². The van der Waals surface area contributed by atoms with Gasteiger partial charge in [-0.05, 0) is 51.9 Å². The minimum Gasteiger partial charge on any atom is -0.390 e. The van der Waals surface area contributed by atoms with E-state index in [1.807, 2.05) is 13.8 Å². The van der Waals surface area contributed by atoms with Gasteiger partial charge in [-0.3, -0.25) is 0 Å². The van der Waals surface area contributed by atoms with Crippen molar-refractivity contribution in [2.45, 2.75) is 65.4 Å². The Kier molecular flexibility index (Phi) is 4.39. The summed E-state index contributed by atoms with van der Waals surface area (Å²) in [5, 5.41) is 9.69. The van der Waals surface area contributed by atoms with Gasteiger partial charge in [0.05, 0.1) is 5.60 Å². The quantitative estimate of drug-likeness (QED) is 0.697. The predicted octanol–water partition coefficient (Wildman–Crippen LogP) is 3.92. The number of hydrogen-bond acceptors (Lipinski definition) is 1. The summed E-state index contributed by atoms with van der Waals surface area (Å²) in [5.74, 6) is 1.79. The van der Waals surface area contributed by atoms with Gasteiger partial charge < -0.3 is 5.11 Å². The molecule has 0 spiro atoms. The van der Waals surface area contributed by atoms with E-state index in [0.717, 1.165) is 18.3 Å². The van der Waals surface area contributed by atoms with Crippen molar-refractivity contribution in [1.82, 2.24) is 0 Å².